The standard InChI is InChI=1S/C10H9BrN4O2/c1-5-9(11)6(2)15(14-5)8-4-3-7(10(16)17)12-13-8/h3-4H,1-2H3,(H,16,17). The molecule has 88 valence electrons. The molecule has 0 aromatic carbocycles. The molecule has 0 aliphatic heterocycles. The van der Waals surface area contributed by atoms with Gasteiger partial charge in [0.1, 0.15) is 0 Å². The molecule has 0 bridgehead atoms. The minimum absolute atomic E-state index is 0.0886. The van der Waals surface area contributed by atoms with Gasteiger partial charge in [-0.05, 0) is 41.9 Å². The van der Waals surface area contributed by atoms with Crippen LogP contribution in [0, 0.1) is 13.8 Å². The molecule has 2 aromatic heterocycles. The van der Waals surface area contributed by atoms with Crippen LogP contribution in [0.4, 0.5) is 0 Å². The summed E-state index contributed by atoms with van der Waals surface area (Å²) < 4.78 is 2.51. The topological polar surface area (TPSA) is 80.9 Å². The van der Waals surface area contributed by atoms with E-state index in [9.17, 15) is 4.79 Å². The van der Waals surface area contributed by atoms with Gasteiger partial charge < -0.3 is 5.11 Å². The second-order valence-corrected chi connectivity index (χ2v) is 4.27. The molecule has 0 radical (unpaired) electrons. The van der Waals surface area contributed by atoms with E-state index in [4.69, 9.17) is 5.11 Å². The summed E-state index contributed by atoms with van der Waals surface area (Å²) in [5.41, 5.74) is 1.64. The van der Waals surface area contributed by atoms with Gasteiger partial charge in [0.15, 0.2) is 11.5 Å². The van der Waals surface area contributed by atoms with Crippen molar-refractivity contribution in [2.75, 3.05) is 0 Å². The number of halogens is 1. The van der Waals surface area contributed by atoms with Crippen LogP contribution in [0.3, 0.4) is 0 Å². The highest BCUT2D eigenvalue weighted by molar-refractivity contribution is 9.10. The summed E-state index contributed by atoms with van der Waals surface area (Å²) in [5.74, 6) is -0.611. The number of hydrogen-bond donors (Lipinski definition) is 1. The Balaban J connectivity index is 2.47. The highest BCUT2D eigenvalue weighted by atomic mass is 79.9. The SMILES string of the molecule is Cc1nn(-c2ccc(C(=O)O)nn2)c(C)c1Br. The fourth-order valence-corrected chi connectivity index (χ4v) is 1.65. The lowest BCUT2D eigenvalue weighted by Crippen LogP contribution is -2.07. The van der Waals surface area contributed by atoms with Crippen LogP contribution < -0.4 is 0 Å². The molecule has 0 atom stereocenters. The predicted molar refractivity (Wildman–Crippen MR) is 63.3 cm³/mol. The quantitative estimate of drug-likeness (QED) is 0.913. The average Bonchev–Trinajstić information content (AvgIpc) is 2.57. The van der Waals surface area contributed by atoms with Crippen molar-refractivity contribution >= 4 is 21.9 Å². The molecule has 2 rings (SSSR count). The summed E-state index contributed by atoms with van der Waals surface area (Å²) in [7, 11) is 0. The van der Waals surface area contributed by atoms with Gasteiger partial charge in [0.05, 0.1) is 15.9 Å². The molecule has 1 N–H and O–H groups in total. The first-order valence-electron chi connectivity index (χ1n) is 4.80. The number of carboxylic acids is 1. The highest BCUT2D eigenvalue weighted by Crippen LogP contribution is 2.21. The van der Waals surface area contributed by atoms with Gasteiger partial charge in [-0.15, -0.1) is 10.2 Å². The normalized spacial score (nSPS) is 10.5. The maximum Gasteiger partial charge on any atom is 0.356 e. The van der Waals surface area contributed by atoms with Gasteiger partial charge in [0, 0.05) is 0 Å². The fraction of sp³-hybridized carbons (Fsp3) is 0.200. The molecule has 17 heavy (non-hydrogen) atoms. The number of carbonyl (C=O) groups is 1. The number of rotatable bonds is 2. The molecule has 0 saturated heterocycles. The zero-order valence-corrected chi connectivity index (χ0v) is 10.8. The maximum absolute atomic E-state index is 10.6. The van der Waals surface area contributed by atoms with E-state index in [-0.39, 0.29) is 5.69 Å². The summed E-state index contributed by atoms with van der Waals surface area (Å²) in [4.78, 5) is 10.6. The average molecular weight is 297 g/mol. The monoisotopic (exact) mass is 296 g/mol. The van der Waals surface area contributed by atoms with E-state index in [0.717, 1.165) is 15.9 Å². The first-order valence-corrected chi connectivity index (χ1v) is 5.59. The Morgan fingerprint density at radius 2 is 2.06 bits per heavy atom. The van der Waals surface area contributed by atoms with Crippen molar-refractivity contribution in [3.63, 3.8) is 0 Å². The molecule has 6 nitrogen and oxygen atoms in total. The van der Waals surface area contributed by atoms with Crippen LogP contribution in [0.2, 0.25) is 0 Å². The van der Waals surface area contributed by atoms with Crippen molar-refractivity contribution in [2.45, 2.75) is 13.8 Å². The maximum atomic E-state index is 10.6. The number of nitrogens with zero attached hydrogens (tertiary/aromatic N) is 4. The predicted octanol–water partition coefficient (Wildman–Crippen LogP) is 1.74. The Labute approximate surface area is 105 Å². The van der Waals surface area contributed by atoms with Gasteiger partial charge in [-0.25, -0.2) is 9.48 Å². The largest absolute Gasteiger partial charge is 0.476 e. The van der Waals surface area contributed by atoms with E-state index in [1.165, 1.54) is 6.07 Å². The minimum Gasteiger partial charge on any atom is -0.476 e. The van der Waals surface area contributed by atoms with Crippen molar-refractivity contribution in [1.29, 1.82) is 0 Å². The van der Waals surface area contributed by atoms with Crippen LogP contribution in [-0.2, 0) is 0 Å². The van der Waals surface area contributed by atoms with E-state index in [2.05, 4.69) is 31.2 Å². The number of aryl methyl sites for hydroxylation is 1. The third-order valence-electron chi connectivity index (χ3n) is 2.29. The summed E-state index contributed by atoms with van der Waals surface area (Å²) in [6, 6.07) is 2.97. The molecule has 2 heterocycles. The Morgan fingerprint density at radius 3 is 2.47 bits per heavy atom. The second kappa shape index (κ2) is 4.25. The van der Waals surface area contributed by atoms with Crippen molar-refractivity contribution in [1.82, 2.24) is 20.0 Å². The molecular formula is C10H9BrN4O2. The minimum atomic E-state index is -1.10. The van der Waals surface area contributed by atoms with Gasteiger partial charge in [-0.1, -0.05) is 0 Å². The smallest absolute Gasteiger partial charge is 0.356 e. The first kappa shape index (κ1) is 11.7. The Morgan fingerprint density at radius 1 is 1.35 bits per heavy atom. The molecule has 0 fully saturated rings. The molecular weight excluding hydrogens is 288 g/mol. The van der Waals surface area contributed by atoms with Gasteiger partial charge in [0.2, 0.25) is 0 Å². The van der Waals surface area contributed by atoms with Crippen LogP contribution in [-0.4, -0.2) is 31.1 Å². The lowest BCUT2D eigenvalue weighted by molar-refractivity contribution is 0.0689. The molecule has 0 unspecified atom stereocenters. The van der Waals surface area contributed by atoms with Gasteiger partial charge in [0.25, 0.3) is 0 Å². The van der Waals surface area contributed by atoms with Crippen molar-refractivity contribution < 1.29 is 9.90 Å². The Hall–Kier alpha value is -1.76. The summed E-state index contributed by atoms with van der Waals surface area (Å²) in [5, 5.41) is 20.4. The lowest BCUT2D eigenvalue weighted by atomic mass is 10.4. The summed E-state index contributed by atoms with van der Waals surface area (Å²) in [6.07, 6.45) is 0. The van der Waals surface area contributed by atoms with Gasteiger partial charge >= 0.3 is 5.97 Å². The van der Waals surface area contributed by atoms with Crippen molar-refractivity contribution in [3.8, 4) is 5.82 Å². The van der Waals surface area contributed by atoms with Crippen LogP contribution in [0.5, 0.6) is 0 Å². The summed E-state index contributed by atoms with van der Waals surface area (Å²) >= 11 is 3.41. The zero-order valence-electron chi connectivity index (χ0n) is 9.18. The summed E-state index contributed by atoms with van der Waals surface area (Å²) in [6.45, 7) is 3.75. The number of hydrogen-bond acceptors (Lipinski definition) is 4. The van der Waals surface area contributed by atoms with Gasteiger partial charge in [-0.3, -0.25) is 0 Å². The number of aromatic nitrogens is 4. The van der Waals surface area contributed by atoms with Crippen LogP contribution >= 0.6 is 15.9 Å². The van der Waals surface area contributed by atoms with E-state index in [1.807, 2.05) is 13.8 Å². The molecule has 0 aliphatic carbocycles. The Bertz CT molecular complexity index is 577. The molecule has 2 aromatic rings. The first-order chi connectivity index (χ1) is 8.00. The van der Waals surface area contributed by atoms with E-state index in [0.29, 0.717) is 5.82 Å². The van der Waals surface area contributed by atoms with Crippen molar-refractivity contribution in [3.05, 3.63) is 33.7 Å². The van der Waals surface area contributed by atoms with Crippen molar-refractivity contribution in [2.24, 2.45) is 0 Å². The molecule has 0 spiro atoms. The number of carboxylic acid groups (broad SMARTS) is 1. The molecule has 0 amide bonds. The van der Waals surface area contributed by atoms with Crippen LogP contribution in [0.15, 0.2) is 16.6 Å². The van der Waals surface area contributed by atoms with Gasteiger partial charge in [-0.2, -0.15) is 5.10 Å². The highest BCUT2D eigenvalue weighted by Gasteiger charge is 2.12. The van der Waals surface area contributed by atoms with E-state index < -0.39 is 5.97 Å². The molecule has 7 heteroatoms. The number of aromatic carboxylic acids is 1. The zero-order chi connectivity index (χ0) is 12.6. The third kappa shape index (κ3) is 2.05. The van der Waals surface area contributed by atoms with Crippen LogP contribution in [0.25, 0.3) is 5.82 Å². The van der Waals surface area contributed by atoms with E-state index >= 15 is 0 Å². The fourth-order valence-electron chi connectivity index (χ4n) is 1.40. The Kier molecular flexibility index (Phi) is 2.93. The lowest BCUT2D eigenvalue weighted by Gasteiger charge is -2.02. The van der Waals surface area contributed by atoms with Crippen LogP contribution in [0.1, 0.15) is 21.9 Å². The molecule has 0 aliphatic rings. The molecule has 0 saturated carbocycles. The second-order valence-electron chi connectivity index (χ2n) is 3.48. The third-order valence-corrected chi connectivity index (χ3v) is 3.44. The van der Waals surface area contributed by atoms with E-state index in [1.54, 1.807) is 10.7 Å².